The highest BCUT2D eigenvalue weighted by molar-refractivity contribution is 7.09. The first-order valence-electron chi connectivity index (χ1n) is 4.94. The summed E-state index contributed by atoms with van der Waals surface area (Å²) >= 11 is 8.15. The first-order chi connectivity index (χ1) is 6.27. The Morgan fingerprint density at radius 3 is 2.54 bits per heavy atom. The lowest BCUT2D eigenvalue weighted by Crippen LogP contribution is -2.15. The van der Waals surface area contributed by atoms with E-state index >= 15 is 0 Å². The molecule has 0 nitrogen and oxygen atoms in total. The molecule has 0 spiro atoms. The maximum Gasteiger partial charge on any atom is 0.0412 e. The minimum atomic E-state index is 0.314. The highest BCUT2D eigenvalue weighted by Gasteiger charge is 2.16. The Morgan fingerprint density at radius 2 is 2.08 bits per heavy atom. The molecule has 0 aliphatic carbocycles. The molecular formula is C11H17ClS. The van der Waals surface area contributed by atoms with Gasteiger partial charge in [-0.25, -0.2) is 0 Å². The zero-order valence-electron chi connectivity index (χ0n) is 8.29. The Kier molecular flexibility index (Phi) is 4.82. The summed E-state index contributed by atoms with van der Waals surface area (Å²) in [5.74, 6) is 0.670. The van der Waals surface area contributed by atoms with Crippen LogP contribution in [0, 0.1) is 5.92 Å². The second-order valence-corrected chi connectivity index (χ2v) is 4.97. The molecule has 0 aliphatic rings. The van der Waals surface area contributed by atoms with E-state index in [-0.39, 0.29) is 0 Å². The molecule has 0 saturated heterocycles. The second-order valence-electron chi connectivity index (χ2n) is 3.38. The predicted octanol–water partition coefficient (Wildman–Crippen LogP) is 4.33. The van der Waals surface area contributed by atoms with Gasteiger partial charge in [-0.3, -0.25) is 0 Å². The van der Waals surface area contributed by atoms with Crippen molar-refractivity contribution in [2.24, 2.45) is 5.92 Å². The third-order valence-corrected chi connectivity index (χ3v) is 3.95. The fourth-order valence-corrected chi connectivity index (χ4v) is 2.97. The van der Waals surface area contributed by atoms with Gasteiger partial charge in [-0.1, -0.05) is 32.8 Å². The van der Waals surface area contributed by atoms with Crippen LogP contribution >= 0.6 is 22.9 Å². The van der Waals surface area contributed by atoms with Gasteiger partial charge in [-0.05, 0) is 23.8 Å². The zero-order valence-corrected chi connectivity index (χ0v) is 9.87. The first kappa shape index (κ1) is 11.1. The molecule has 2 heteroatoms. The van der Waals surface area contributed by atoms with E-state index in [1.807, 2.05) is 0 Å². The number of hydrogen-bond acceptors (Lipinski definition) is 1. The number of alkyl halides is 1. The van der Waals surface area contributed by atoms with Gasteiger partial charge >= 0.3 is 0 Å². The molecule has 0 fully saturated rings. The van der Waals surface area contributed by atoms with Gasteiger partial charge in [0.25, 0.3) is 0 Å². The Morgan fingerprint density at radius 1 is 1.38 bits per heavy atom. The molecule has 1 aromatic heterocycles. The Hall–Kier alpha value is -0.0100. The SMILES string of the molecule is CCC(CC)C(Cl)Cc1cccs1. The van der Waals surface area contributed by atoms with Crippen molar-refractivity contribution in [1.82, 2.24) is 0 Å². The van der Waals surface area contributed by atoms with E-state index in [0.717, 1.165) is 6.42 Å². The molecule has 0 amide bonds. The summed E-state index contributed by atoms with van der Waals surface area (Å²) in [5.41, 5.74) is 0. The van der Waals surface area contributed by atoms with Crippen molar-refractivity contribution < 1.29 is 0 Å². The fraction of sp³-hybridized carbons (Fsp3) is 0.636. The first-order valence-corrected chi connectivity index (χ1v) is 6.26. The highest BCUT2D eigenvalue weighted by Crippen LogP contribution is 2.23. The van der Waals surface area contributed by atoms with Gasteiger partial charge in [0.05, 0.1) is 0 Å². The molecule has 0 aliphatic heterocycles. The van der Waals surface area contributed by atoms with Crippen LogP contribution in [0.15, 0.2) is 17.5 Å². The van der Waals surface area contributed by atoms with Gasteiger partial charge in [-0.2, -0.15) is 0 Å². The molecule has 0 N–H and O–H groups in total. The van der Waals surface area contributed by atoms with Crippen molar-refractivity contribution in [2.75, 3.05) is 0 Å². The number of hydrogen-bond donors (Lipinski definition) is 0. The zero-order chi connectivity index (χ0) is 9.68. The van der Waals surface area contributed by atoms with Gasteiger partial charge in [-0.15, -0.1) is 22.9 Å². The van der Waals surface area contributed by atoms with Crippen LogP contribution in [-0.2, 0) is 6.42 Å². The normalized spacial score (nSPS) is 13.5. The maximum atomic E-state index is 6.35. The Bertz CT molecular complexity index is 214. The van der Waals surface area contributed by atoms with Gasteiger partial charge in [0, 0.05) is 10.3 Å². The molecular weight excluding hydrogens is 200 g/mol. The predicted molar refractivity (Wildman–Crippen MR) is 61.7 cm³/mol. The van der Waals surface area contributed by atoms with Crippen molar-refractivity contribution in [1.29, 1.82) is 0 Å². The lowest BCUT2D eigenvalue weighted by Gasteiger charge is -2.18. The van der Waals surface area contributed by atoms with Crippen molar-refractivity contribution in [3.63, 3.8) is 0 Å². The van der Waals surface area contributed by atoms with E-state index in [4.69, 9.17) is 11.6 Å². The topological polar surface area (TPSA) is 0 Å². The Balaban J connectivity index is 2.44. The van der Waals surface area contributed by atoms with Crippen LogP contribution < -0.4 is 0 Å². The van der Waals surface area contributed by atoms with Crippen LogP contribution in [0.3, 0.4) is 0 Å². The lowest BCUT2D eigenvalue weighted by molar-refractivity contribution is 0.465. The molecule has 74 valence electrons. The average Bonchev–Trinajstić information content (AvgIpc) is 2.59. The summed E-state index contributed by atoms with van der Waals surface area (Å²) in [7, 11) is 0. The third-order valence-electron chi connectivity index (χ3n) is 2.54. The second kappa shape index (κ2) is 5.66. The van der Waals surface area contributed by atoms with Crippen molar-refractivity contribution >= 4 is 22.9 Å². The van der Waals surface area contributed by atoms with Crippen LogP contribution in [0.25, 0.3) is 0 Å². The molecule has 1 heterocycles. The molecule has 0 bridgehead atoms. The molecule has 1 aromatic rings. The van der Waals surface area contributed by atoms with E-state index in [1.54, 1.807) is 11.3 Å². The molecule has 1 unspecified atom stereocenters. The largest absolute Gasteiger partial charge is 0.149 e. The van der Waals surface area contributed by atoms with E-state index in [1.165, 1.54) is 17.7 Å². The Labute approximate surface area is 89.9 Å². The fourth-order valence-electron chi connectivity index (χ4n) is 1.59. The average molecular weight is 217 g/mol. The molecule has 1 rings (SSSR count). The third kappa shape index (κ3) is 3.32. The van der Waals surface area contributed by atoms with Gasteiger partial charge in [0.1, 0.15) is 0 Å². The monoisotopic (exact) mass is 216 g/mol. The quantitative estimate of drug-likeness (QED) is 0.643. The van der Waals surface area contributed by atoms with Gasteiger partial charge in [0.2, 0.25) is 0 Å². The van der Waals surface area contributed by atoms with Crippen LogP contribution in [0.4, 0.5) is 0 Å². The van der Waals surface area contributed by atoms with Crippen LogP contribution in [0.1, 0.15) is 31.6 Å². The van der Waals surface area contributed by atoms with Crippen LogP contribution in [0.2, 0.25) is 0 Å². The number of halogens is 1. The summed E-state index contributed by atoms with van der Waals surface area (Å²) in [5, 5.41) is 2.43. The standard InChI is InChI=1S/C11H17ClS/c1-3-9(4-2)11(12)8-10-6-5-7-13-10/h5-7,9,11H,3-4,8H2,1-2H3. The van der Waals surface area contributed by atoms with Crippen LogP contribution in [-0.4, -0.2) is 5.38 Å². The summed E-state index contributed by atoms with van der Waals surface area (Å²) in [4.78, 5) is 1.41. The summed E-state index contributed by atoms with van der Waals surface area (Å²) in [6.45, 7) is 4.44. The highest BCUT2D eigenvalue weighted by atomic mass is 35.5. The van der Waals surface area contributed by atoms with E-state index in [0.29, 0.717) is 11.3 Å². The van der Waals surface area contributed by atoms with Crippen molar-refractivity contribution in [3.05, 3.63) is 22.4 Å². The summed E-state index contributed by atoms with van der Waals surface area (Å²) in [6.07, 6.45) is 3.41. The minimum absolute atomic E-state index is 0.314. The van der Waals surface area contributed by atoms with Gasteiger partial charge in [0.15, 0.2) is 0 Å². The number of thiophene rings is 1. The van der Waals surface area contributed by atoms with E-state index in [9.17, 15) is 0 Å². The van der Waals surface area contributed by atoms with Crippen molar-refractivity contribution in [3.8, 4) is 0 Å². The van der Waals surface area contributed by atoms with E-state index in [2.05, 4.69) is 31.4 Å². The number of rotatable bonds is 5. The molecule has 0 aromatic carbocycles. The smallest absolute Gasteiger partial charge is 0.0412 e. The molecule has 0 saturated carbocycles. The van der Waals surface area contributed by atoms with E-state index < -0.39 is 0 Å². The van der Waals surface area contributed by atoms with Crippen molar-refractivity contribution in [2.45, 2.75) is 38.5 Å². The maximum absolute atomic E-state index is 6.35. The summed E-state index contributed by atoms with van der Waals surface area (Å²) < 4.78 is 0. The minimum Gasteiger partial charge on any atom is -0.149 e. The summed E-state index contributed by atoms with van der Waals surface area (Å²) in [6, 6.07) is 4.26. The molecule has 0 radical (unpaired) electrons. The molecule has 13 heavy (non-hydrogen) atoms. The molecule has 1 atom stereocenters. The van der Waals surface area contributed by atoms with Gasteiger partial charge < -0.3 is 0 Å². The van der Waals surface area contributed by atoms with Crippen LogP contribution in [0.5, 0.6) is 0 Å². The lowest BCUT2D eigenvalue weighted by atomic mass is 9.96.